The number of urea groups is 1. The third-order valence-corrected chi connectivity index (χ3v) is 3.33. The Morgan fingerprint density at radius 1 is 1.15 bits per heavy atom. The average Bonchev–Trinajstić information content (AvgIpc) is 2.75. The van der Waals surface area contributed by atoms with Gasteiger partial charge < -0.3 is 4.74 Å². The van der Waals surface area contributed by atoms with Crippen LogP contribution in [0.2, 0.25) is 0 Å². The molecule has 0 N–H and O–H groups in total. The number of nitrogens with zero attached hydrogens (tertiary/aromatic N) is 2. The Kier molecular flexibility index (Phi) is 3.66. The van der Waals surface area contributed by atoms with E-state index in [1.165, 1.54) is 0 Å². The molecule has 2 aliphatic heterocycles. The Labute approximate surface area is 116 Å². The Morgan fingerprint density at radius 3 is 2.65 bits per heavy atom. The van der Waals surface area contributed by atoms with Crippen molar-refractivity contribution in [2.24, 2.45) is 0 Å². The molecule has 1 aromatic carbocycles. The molecule has 0 spiro atoms. The van der Waals surface area contributed by atoms with Gasteiger partial charge in [-0.15, -0.1) is 0 Å². The first kappa shape index (κ1) is 13.1. The van der Waals surface area contributed by atoms with E-state index in [1.807, 2.05) is 6.07 Å². The number of hydrogen-bond acceptors (Lipinski definition) is 4. The van der Waals surface area contributed by atoms with E-state index in [0.29, 0.717) is 12.3 Å². The number of hydroxylamine groups is 2. The summed E-state index contributed by atoms with van der Waals surface area (Å²) in [6.07, 6.45) is 2.31. The molecule has 1 unspecified atom stereocenters. The van der Waals surface area contributed by atoms with Crippen molar-refractivity contribution < 1.29 is 19.2 Å². The van der Waals surface area contributed by atoms with Crippen molar-refractivity contribution in [2.45, 2.75) is 25.6 Å². The van der Waals surface area contributed by atoms with Gasteiger partial charge in [-0.2, -0.15) is 5.06 Å². The minimum Gasteiger partial charge on any atom is -0.350 e. The van der Waals surface area contributed by atoms with E-state index < -0.39 is 12.3 Å². The highest BCUT2D eigenvalue weighted by Crippen LogP contribution is 2.23. The molecule has 6 nitrogen and oxygen atoms in total. The molecular weight excluding hydrogens is 260 g/mol. The summed E-state index contributed by atoms with van der Waals surface area (Å²) in [7, 11) is 0. The molecule has 3 rings (SSSR count). The number of para-hydroxylation sites is 1. The Balaban J connectivity index is 1.70. The fourth-order valence-electron chi connectivity index (χ4n) is 2.33. The summed E-state index contributed by atoms with van der Waals surface area (Å²) in [4.78, 5) is 30.8. The lowest BCUT2D eigenvalue weighted by atomic mass is 10.2. The van der Waals surface area contributed by atoms with E-state index >= 15 is 0 Å². The molecule has 0 aromatic heterocycles. The monoisotopic (exact) mass is 276 g/mol. The fraction of sp³-hybridized carbons (Fsp3) is 0.429. The van der Waals surface area contributed by atoms with Gasteiger partial charge in [0.05, 0.1) is 5.69 Å². The van der Waals surface area contributed by atoms with Crippen molar-refractivity contribution >= 4 is 17.6 Å². The van der Waals surface area contributed by atoms with Gasteiger partial charge in [-0.3, -0.25) is 4.79 Å². The van der Waals surface area contributed by atoms with Gasteiger partial charge >= 0.3 is 6.03 Å². The van der Waals surface area contributed by atoms with E-state index in [-0.39, 0.29) is 12.5 Å². The van der Waals surface area contributed by atoms with Crippen LogP contribution >= 0.6 is 0 Å². The van der Waals surface area contributed by atoms with Crippen LogP contribution in [0.25, 0.3) is 0 Å². The van der Waals surface area contributed by atoms with Crippen LogP contribution in [0.4, 0.5) is 10.5 Å². The van der Waals surface area contributed by atoms with Gasteiger partial charge in [-0.05, 0) is 25.0 Å². The number of amides is 3. The summed E-state index contributed by atoms with van der Waals surface area (Å²) in [6.45, 7) is 0.552. The number of hydrogen-bond donors (Lipinski definition) is 0. The summed E-state index contributed by atoms with van der Waals surface area (Å²) in [5.74, 6) is -0.294. The van der Waals surface area contributed by atoms with E-state index in [2.05, 4.69) is 0 Å². The second-order valence-corrected chi connectivity index (χ2v) is 4.79. The van der Waals surface area contributed by atoms with Crippen LogP contribution in [0.3, 0.4) is 0 Å². The molecule has 2 heterocycles. The highest BCUT2D eigenvalue weighted by molar-refractivity contribution is 6.19. The van der Waals surface area contributed by atoms with Gasteiger partial charge in [0, 0.05) is 13.0 Å². The maximum atomic E-state index is 12.2. The molecule has 106 valence electrons. The zero-order chi connectivity index (χ0) is 13.9. The summed E-state index contributed by atoms with van der Waals surface area (Å²) < 4.78 is 5.42. The Hall–Kier alpha value is -1.92. The maximum absolute atomic E-state index is 12.2. The normalized spacial score (nSPS) is 23.5. The summed E-state index contributed by atoms with van der Waals surface area (Å²) in [5, 5.41) is 1.09. The van der Waals surface area contributed by atoms with Crippen molar-refractivity contribution in [1.82, 2.24) is 5.06 Å². The quantitative estimate of drug-likeness (QED) is 0.791. The van der Waals surface area contributed by atoms with Crippen molar-refractivity contribution in [3.63, 3.8) is 0 Å². The van der Waals surface area contributed by atoms with E-state index in [1.54, 1.807) is 24.3 Å². The van der Waals surface area contributed by atoms with Crippen LogP contribution in [-0.4, -0.2) is 36.4 Å². The molecule has 0 bridgehead atoms. The third-order valence-electron chi connectivity index (χ3n) is 3.33. The van der Waals surface area contributed by atoms with Gasteiger partial charge in [-0.25, -0.2) is 14.5 Å². The minimum atomic E-state index is -0.463. The molecule has 0 aliphatic carbocycles. The highest BCUT2D eigenvalue weighted by atomic mass is 16.8. The fourth-order valence-corrected chi connectivity index (χ4v) is 2.33. The number of anilines is 1. The molecule has 6 heteroatoms. The molecule has 2 saturated heterocycles. The van der Waals surface area contributed by atoms with Crippen LogP contribution in [0.15, 0.2) is 30.3 Å². The molecule has 3 amide bonds. The first-order chi connectivity index (χ1) is 9.75. The summed E-state index contributed by atoms with van der Waals surface area (Å²) in [5.41, 5.74) is 0.554. The molecule has 2 fully saturated rings. The molecule has 20 heavy (non-hydrogen) atoms. The first-order valence-electron chi connectivity index (χ1n) is 6.73. The Morgan fingerprint density at radius 2 is 1.95 bits per heavy atom. The minimum absolute atomic E-state index is 0.0758. The van der Waals surface area contributed by atoms with E-state index in [0.717, 1.165) is 29.2 Å². The molecule has 0 radical (unpaired) electrons. The van der Waals surface area contributed by atoms with Gasteiger partial charge in [-0.1, -0.05) is 18.2 Å². The van der Waals surface area contributed by atoms with Crippen molar-refractivity contribution in [2.75, 3.05) is 18.1 Å². The zero-order valence-corrected chi connectivity index (χ0v) is 11.0. The van der Waals surface area contributed by atoms with Crippen LogP contribution in [0.1, 0.15) is 19.3 Å². The van der Waals surface area contributed by atoms with Gasteiger partial charge in [0.1, 0.15) is 6.54 Å². The SMILES string of the molecule is O=C1CN(OC2CCCCO2)C(=O)N1c1ccccc1. The zero-order valence-electron chi connectivity index (χ0n) is 11.0. The smallest absolute Gasteiger partial charge is 0.350 e. The Bertz CT molecular complexity index is 499. The molecule has 1 atom stereocenters. The number of benzene rings is 1. The lowest BCUT2D eigenvalue weighted by molar-refractivity contribution is -0.260. The average molecular weight is 276 g/mol. The number of ether oxygens (including phenoxy) is 1. The van der Waals surface area contributed by atoms with Crippen molar-refractivity contribution in [3.05, 3.63) is 30.3 Å². The second-order valence-electron chi connectivity index (χ2n) is 4.79. The van der Waals surface area contributed by atoms with Gasteiger partial charge in [0.2, 0.25) is 0 Å². The highest BCUT2D eigenvalue weighted by Gasteiger charge is 2.39. The predicted octanol–water partition coefficient (Wildman–Crippen LogP) is 1.91. The lowest BCUT2D eigenvalue weighted by Gasteiger charge is -2.26. The standard InChI is InChI=1S/C14H16N2O4/c17-12-10-15(20-13-8-4-5-9-19-13)14(18)16(12)11-6-2-1-3-7-11/h1-3,6-7,13H,4-5,8-10H2. The van der Waals surface area contributed by atoms with Crippen LogP contribution in [0.5, 0.6) is 0 Å². The predicted molar refractivity (Wildman–Crippen MR) is 70.7 cm³/mol. The molecule has 0 saturated carbocycles. The van der Waals surface area contributed by atoms with Crippen LogP contribution < -0.4 is 4.90 Å². The number of imide groups is 1. The topological polar surface area (TPSA) is 59.1 Å². The largest absolute Gasteiger partial charge is 0.355 e. The third kappa shape index (κ3) is 2.52. The van der Waals surface area contributed by atoms with Gasteiger partial charge in [0.15, 0.2) is 6.29 Å². The van der Waals surface area contributed by atoms with Crippen molar-refractivity contribution in [3.8, 4) is 0 Å². The number of rotatable bonds is 3. The first-order valence-corrected chi connectivity index (χ1v) is 6.73. The maximum Gasteiger partial charge on any atom is 0.355 e. The second kappa shape index (κ2) is 5.60. The van der Waals surface area contributed by atoms with E-state index in [4.69, 9.17) is 9.57 Å². The number of carbonyl (C=O) groups excluding carboxylic acids is 2. The molecule has 2 aliphatic rings. The van der Waals surface area contributed by atoms with Gasteiger partial charge in [0.25, 0.3) is 5.91 Å². The summed E-state index contributed by atoms with van der Waals surface area (Å²) >= 11 is 0. The van der Waals surface area contributed by atoms with Crippen LogP contribution in [-0.2, 0) is 14.4 Å². The molecular formula is C14H16N2O4. The summed E-state index contributed by atoms with van der Waals surface area (Å²) in [6, 6.07) is 8.37. The number of carbonyl (C=O) groups is 2. The van der Waals surface area contributed by atoms with E-state index in [9.17, 15) is 9.59 Å². The molecule has 1 aromatic rings. The van der Waals surface area contributed by atoms with Crippen molar-refractivity contribution in [1.29, 1.82) is 0 Å². The lowest BCUT2D eigenvalue weighted by Crippen LogP contribution is -2.37. The van der Waals surface area contributed by atoms with Crippen LogP contribution in [0, 0.1) is 0 Å².